The van der Waals surface area contributed by atoms with Crippen molar-refractivity contribution < 1.29 is 9.13 Å². The van der Waals surface area contributed by atoms with Gasteiger partial charge in [0.2, 0.25) is 0 Å². The first-order chi connectivity index (χ1) is 7.06. The number of ether oxygens (including phenoxy) is 1. The van der Waals surface area contributed by atoms with Crippen LogP contribution in [0.3, 0.4) is 0 Å². The second-order valence-electron chi connectivity index (χ2n) is 3.35. The van der Waals surface area contributed by atoms with E-state index in [0.717, 1.165) is 0 Å². The van der Waals surface area contributed by atoms with E-state index >= 15 is 0 Å². The summed E-state index contributed by atoms with van der Waals surface area (Å²) in [7, 11) is 0. The first-order valence-electron chi connectivity index (χ1n) is 4.88. The Morgan fingerprint density at radius 3 is 2.80 bits per heavy atom. The van der Waals surface area contributed by atoms with E-state index in [1.807, 2.05) is 13.8 Å². The Morgan fingerprint density at radius 1 is 1.53 bits per heavy atom. The maximum absolute atomic E-state index is 13.0. The van der Waals surface area contributed by atoms with Gasteiger partial charge in [0.1, 0.15) is 5.82 Å². The lowest BCUT2D eigenvalue weighted by atomic mass is 10.0. The van der Waals surface area contributed by atoms with E-state index in [-0.39, 0.29) is 11.9 Å². The number of rotatable bonds is 4. The number of benzene rings is 1. The molecule has 1 rings (SSSR count). The normalized spacial score (nSPS) is 15.0. The minimum atomic E-state index is -0.409. The van der Waals surface area contributed by atoms with Gasteiger partial charge in [0, 0.05) is 11.6 Å². The first kappa shape index (κ1) is 12.4. The lowest BCUT2D eigenvalue weighted by molar-refractivity contribution is 0.0574. The Bertz CT molecular complexity index is 332. The second kappa shape index (κ2) is 5.45. The average Bonchev–Trinajstić information content (AvgIpc) is 2.21. The van der Waals surface area contributed by atoms with E-state index < -0.39 is 6.04 Å². The van der Waals surface area contributed by atoms with Crippen LogP contribution < -0.4 is 5.73 Å². The van der Waals surface area contributed by atoms with E-state index in [0.29, 0.717) is 17.2 Å². The molecule has 0 heterocycles. The molecule has 15 heavy (non-hydrogen) atoms. The summed E-state index contributed by atoms with van der Waals surface area (Å²) in [6, 6.07) is 3.75. The molecule has 0 bridgehead atoms. The molecule has 1 aromatic rings. The van der Waals surface area contributed by atoms with Crippen molar-refractivity contribution in [2.24, 2.45) is 5.73 Å². The van der Waals surface area contributed by atoms with Crippen molar-refractivity contribution in [1.82, 2.24) is 0 Å². The van der Waals surface area contributed by atoms with E-state index in [1.165, 1.54) is 18.2 Å². The van der Waals surface area contributed by atoms with Crippen LogP contribution in [0.4, 0.5) is 4.39 Å². The van der Waals surface area contributed by atoms with Crippen LogP contribution in [0.15, 0.2) is 18.2 Å². The average molecular weight is 232 g/mol. The molecule has 4 heteroatoms. The Kier molecular flexibility index (Phi) is 4.51. The Morgan fingerprint density at radius 2 is 2.20 bits per heavy atom. The highest BCUT2D eigenvalue weighted by Gasteiger charge is 2.18. The predicted octanol–water partition coefficient (Wildman–Crippen LogP) is 2.90. The summed E-state index contributed by atoms with van der Waals surface area (Å²) in [4.78, 5) is 0. The van der Waals surface area contributed by atoms with Gasteiger partial charge in [-0.15, -0.1) is 0 Å². The third-order valence-corrected chi connectivity index (χ3v) is 2.60. The number of hydrogen-bond acceptors (Lipinski definition) is 2. The van der Waals surface area contributed by atoms with Gasteiger partial charge in [-0.25, -0.2) is 4.39 Å². The maximum Gasteiger partial charge on any atom is 0.123 e. The van der Waals surface area contributed by atoms with Crippen LogP contribution in [0.25, 0.3) is 0 Å². The molecule has 84 valence electrons. The van der Waals surface area contributed by atoms with Crippen molar-refractivity contribution >= 4 is 11.6 Å². The SMILES string of the molecule is CCOC(C)C(N)c1cc(F)ccc1Cl. The molecule has 0 fully saturated rings. The molecule has 0 saturated heterocycles. The van der Waals surface area contributed by atoms with Crippen LogP contribution in [0.5, 0.6) is 0 Å². The highest BCUT2D eigenvalue weighted by Crippen LogP contribution is 2.25. The second-order valence-corrected chi connectivity index (χ2v) is 3.76. The Balaban J connectivity index is 2.89. The van der Waals surface area contributed by atoms with Crippen molar-refractivity contribution in [3.63, 3.8) is 0 Å². The fourth-order valence-electron chi connectivity index (χ4n) is 1.39. The molecule has 0 aliphatic heterocycles. The van der Waals surface area contributed by atoms with Crippen molar-refractivity contribution in [2.75, 3.05) is 6.61 Å². The van der Waals surface area contributed by atoms with Crippen LogP contribution in [0, 0.1) is 5.82 Å². The largest absolute Gasteiger partial charge is 0.377 e. The van der Waals surface area contributed by atoms with Crippen LogP contribution in [0.1, 0.15) is 25.5 Å². The standard InChI is InChI=1S/C11H15ClFNO/c1-3-15-7(2)11(14)9-6-8(13)4-5-10(9)12/h4-7,11H,3,14H2,1-2H3. The molecule has 0 aliphatic rings. The van der Waals surface area contributed by atoms with Gasteiger partial charge in [0.15, 0.2) is 0 Å². The lowest BCUT2D eigenvalue weighted by Crippen LogP contribution is -2.26. The number of nitrogens with two attached hydrogens (primary N) is 1. The summed E-state index contributed by atoms with van der Waals surface area (Å²) >= 11 is 5.93. The molecule has 2 N–H and O–H groups in total. The van der Waals surface area contributed by atoms with Crippen molar-refractivity contribution in [1.29, 1.82) is 0 Å². The molecule has 0 amide bonds. The number of hydrogen-bond donors (Lipinski definition) is 1. The monoisotopic (exact) mass is 231 g/mol. The van der Waals surface area contributed by atoms with E-state index in [2.05, 4.69) is 0 Å². The number of halogens is 2. The minimum Gasteiger partial charge on any atom is -0.377 e. The van der Waals surface area contributed by atoms with Crippen LogP contribution in [0.2, 0.25) is 5.02 Å². The fourth-order valence-corrected chi connectivity index (χ4v) is 1.63. The summed E-state index contributed by atoms with van der Waals surface area (Å²) in [5.41, 5.74) is 6.50. The highest BCUT2D eigenvalue weighted by atomic mass is 35.5. The molecule has 0 saturated carbocycles. The zero-order valence-corrected chi connectivity index (χ0v) is 9.59. The zero-order chi connectivity index (χ0) is 11.4. The molecule has 0 aliphatic carbocycles. The molecular weight excluding hydrogens is 217 g/mol. The van der Waals surface area contributed by atoms with Crippen molar-refractivity contribution in [2.45, 2.75) is 26.0 Å². The molecule has 2 unspecified atom stereocenters. The predicted molar refractivity (Wildman–Crippen MR) is 59.4 cm³/mol. The van der Waals surface area contributed by atoms with Gasteiger partial charge in [-0.05, 0) is 37.6 Å². The van der Waals surface area contributed by atoms with E-state index in [4.69, 9.17) is 22.1 Å². The van der Waals surface area contributed by atoms with Gasteiger partial charge in [-0.1, -0.05) is 11.6 Å². The quantitative estimate of drug-likeness (QED) is 0.865. The fraction of sp³-hybridized carbons (Fsp3) is 0.455. The zero-order valence-electron chi connectivity index (χ0n) is 8.84. The van der Waals surface area contributed by atoms with Gasteiger partial charge in [0.05, 0.1) is 12.1 Å². The lowest BCUT2D eigenvalue weighted by Gasteiger charge is -2.21. The third-order valence-electron chi connectivity index (χ3n) is 2.25. The van der Waals surface area contributed by atoms with Crippen molar-refractivity contribution in [3.8, 4) is 0 Å². The molecule has 2 atom stereocenters. The summed E-state index contributed by atoms with van der Waals surface area (Å²) in [6.07, 6.45) is -0.186. The van der Waals surface area contributed by atoms with E-state index in [9.17, 15) is 4.39 Å². The molecule has 2 nitrogen and oxygen atoms in total. The van der Waals surface area contributed by atoms with E-state index in [1.54, 1.807) is 0 Å². The third kappa shape index (κ3) is 3.16. The first-order valence-corrected chi connectivity index (χ1v) is 5.26. The highest BCUT2D eigenvalue weighted by molar-refractivity contribution is 6.31. The topological polar surface area (TPSA) is 35.2 Å². The van der Waals surface area contributed by atoms with Crippen LogP contribution in [-0.4, -0.2) is 12.7 Å². The summed E-state index contributed by atoms with van der Waals surface area (Å²) in [6.45, 7) is 4.30. The van der Waals surface area contributed by atoms with Crippen LogP contribution in [-0.2, 0) is 4.74 Å². The maximum atomic E-state index is 13.0. The minimum absolute atomic E-state index is 0.186. The molecule has 1 aromatic carbocycles. The van der Waals surface area contributed by atoms with Gasteiger partial charge < -0.3 is 10.5 Å². The summed E-state index contributed by atoms with van der Waals surface area (Å²) in [5.74, 6) is -0.339. The smallest absolute Gasteiger partial charge is 0.123 e. The Labute approximate surface area is 94.2 Å². The molecule has 0 aromatic heterocycles. The van der Waals surface area contributed by atoms with Gasteiger partial charge >= 0.3 is 0 Å². The van der Waals surface area contributed by atoms with Gasteiger partial charge in [0.25, 0.3) is 0 Å². The summed E-state index contributed by atoms with van der Waals surface area (Å²) in [5, 5.41) is 0.468. The van der Waals surface area contributed by atoms with Gasteiger partial charge in [-0.2, -0.15) is 0 Å². The van der Waals surface area contributed by atoms with Gasteiger partial charge in [-0.3, -0.25) is 0 Å². The van der Waals surface area contributed by atoms with Crippen LogP contribution >= 0.6 is 11.6 Å². The molecular formula is C11H15ClFNO. The Hall–Kier alpha value is -0.640. The summed E-state index contributed by atoms with van der Waals surface area (Å²) < 4.78 is 18.3. The van der Waals surface area contributed by atoms with Crippen molar-refractivity contribution in [3.05, 3.63) is 34.6 Å². The molecule has 0 spiro atoms. The molecule has 0 radical (unpaired) electrons.